The van der Waals surface area contributed by atoms with Gasteiger partial charge in [0.05, 0.1) is 12.1 Å². The molecule has 0 fully saturated rings. The lowest BCUT2D eigenvalue weighted by molar-refractivity contribution is 0.226. The number of nitrogens with one attached hydrogen (secondary N) is 1. The SMILES string of the molecule is CCN(CCC(C#N)NC)C(C)C. The third-order valence-corrected chi connectivity index (χ3v) is 2.35. The Morgan fingerprint density at radius 1 is 1.46 bits per heavy atom. The van der Waals surface area contributed by atoms with Gasteiger partial charge >= 0.3 is 0 Å². The maximum Gasteiger partial charge on any atom is 0.0962 e. The molecule has 0 spiro atoms. The lowest BCUT2D eigenvalue weighted by Gasteiger charge is -2.25. The molecule has 0 aliphatic heterocycles. The average Bonchev–Trinajstić information content (AvgIpc) is 2.12. The molecule has 0 saturated heterocycles. The van der Waals surface area contributed by atoms with Crippen molar-refractivity contribution in [2.75, 3.05) is 20.1 Å². The molecule has 0 aromatic carbocycles. The molecule has 76 valence electrons. The summed E-state index contributed by atoms with van der Waals surface area (Å²) < 4.78 is 0. The monoisotopic (exact) mass is 183 g/mol. The Morgan fingerprint density at radius 2 is 2.08 bits per heavy atom. The van der Waals surface area contributed by atoms with Crippen LogP contribution in [0.15, 0.2) is 0 Å². The topological polar surface area (TPSA) is 39.1 Å². The summed E-state index contributed by atoms with van der Waals surface area (Å²) in [7, 11) is 1.83. The third kappa shape index (κ3) is 4.87. The Balaban J connectivity index is 3.78. The lowest BCUT2D eigenvalue weighted by Crippen LogP contribution is -2.35. The van der Waals surface area contributed by atoms with Crippen molar-refractivity contribution in [3.63, 3.8) is 0 Å². The summed E-state index contributed by atoms with van der Waals surface area (Å²) in [6, 6.07) is 2.80. The molecule has 0 bridgehead atoms. The first-order chi connectivity index (χ1) is 6.15. The number of rotatable bonds is 6. The molecule has 0 saturated carbocycles. The highest BCUT2D eigenvalue weighted by Gasteiger charge is 2.09. The average molecular weight is 183 g/mol. The van der Waals surface area contributed by atoms with Gasteiger partial charge in [-0.15, -0.1) is 0 Å². The maximum atomic E-state index is 8.72. The van der Waals surface area contributed by atoms with E-state index in [1.165, 1.54) is 0 Å². The van der Waals surface area contributed by atoms with E-state index in [-0.39, 0.29) is 6.04 Å². The van der Waals surface area contributed by atoms with Crippen LogP contribution in [0.1, 0.15) is 27.2 Å². The molecule has 1 N–H and O–H groups in total. The van der Waals surface area contributed by atoms with E-state index in [2.05, 4.69) is 37.1 Å². The van der Waals surface area contributed by atoms with Gasteiger partial charge in [0.2, 0.25) is 0 Å². The highest BCUT2D eigenvalue weighted by molar-refractivity contribution is 4.89. The molecule has 0 rings (SSSR count). The number of nitriles is 1. The molecule has 13 heavy (non-hydrogen) atoms. The van der Waals surface area contributed by atoms with Gasteiger partial charge in [-0.3, -0.25) is 0 Å². The van der Waals surface area contributed by atoms with Crippen LogP contribution < -0.4 is 5.32 Å². The molecule has 0 heterocycles. The first kappa shape index (κ1) is 12.4. The molecular weight excluding hydrogens is 162 g/mol. The highest BCUT2D eigenvalue weighted by atomic mass is 15.1. The molecule has 0 radical (unpaired) electrons. The van der Waals surface area contributed by atoms with E-state index in [4.69, 9.17) is 5.26 Å². The molecule has 0 aliphatic rings. The Labute approximate surface area is 81.7 Å². The van der Waals surface area contributed by atoms with Crippen molar-refractivity contribution in [2.24, 2.45) is 0 Å². The summed E-state index contributed by atoms with van der Waals surface area (Å²) in [5, 5.41) is 11.7. The fraction of sp³-hybridized carbons (Fsp3) is 0.900. The predicted molar refractivity (Wildman–Crippen MR) is 55.5 cm³/mol. The van der Waals surface area contributed by atoms with Crippen LogP contribution in [-0.4, -0.2) is 37.1 Å². The number of hydrogen-bond acceptors (Lipinski definition) is 3. The second-order valence-corrected chi connectivity index (χ2v) is 3.48. The van der Waals surface area contributed by atoms with Gasteiger partial charge in [-0.2, -0.15) is 5.26 Å². The van der Waals surface area contributed by atoms with Gasteiger partial charge in [0.25, 0.3) is 0 Å². The zero-order valence-electron chi connectivity index (χ0n) is 9.17. The Hall–Kier alpha value is -0.590. The van der Waals surface area contributed by atoms with Gasteiger partial charge in [0.15, 0.2) is 0 Å². The van der Waals surface area contributed by atoms with Crippen molar-refractivity contribution >= 4 is 0 Å². The zero-order chi connectivity index (χ0) is 10.3. The molecule has 0 aliphatic carbocycles. The minimum Gasteiger partial charge on any atom is -0.305 e. The van der Waals surface area contributed by atoms with Crippen LogP contribution in [0, 0.1) is 11.3 Å². The summed E-state index contributed by atoms with van der Waals surface area (Å²) in [5.41, 5.74) is 0. The van der Waals surface area contributed by atoms with Crippen LogP contribution in [0.5, 0.6) is 0 Å². The number of hydrogen-bond donors (Lipinski definition) is 1. The molecule has 3 heteroatoms. The molecular formula is C10H21N3. The lowest BCUT2D eigenvalue weighted by atomic mass is 10.2. The molecule has 1 unspecified atom stereocenters. The van der Waals surface area contributed by atoms with Gasteiger partial charge < -0.3 is 10.2 Å². The van der Waals surface area contributed by atoms with Crippen LogP contribution in [0.25, 0.3) is 0 Å². The standard InChI is InChI=1S/C10H21N3/c1-5-13(9(2)3)7-6-10(8-11)12-4/h9-10,12H,5-7H2,1-4H3. The van der Waals surface area contributed by atoms with Crippen LogP contribution in [-0.2, 0) is 0 Å². The Morgan fingerprint density at radius 3 is 2.38 bits per heavy atom. The minimum absolute atomic E-state index is 0.00667. The quantitative estimate of drug-likeness (QED) is 0.673. The van der Waals surface area contributed by atoms with E-state index >= 15 is 0 Å². The second kappa shape index (κ2) is 6.88. The van der Waals surface area contributed by atoms with Gasteiger partial charge in [-0.05, 0) is 33.9 Å². The summed E-state index contributed by atoms with van der Waals surface area (Å²) in [5.74, 6) is 0. The van der Waals surface area contributed by atoms with Crippen molar-refractivity contribution < 1.29 is 0 Å². The Kier molecular flexibility index (Phi) is 6.56. The molecule has 3 nitrogen and oxygen atoms in total. The van der Waals surface area contributed by atoms with Crippen molar-refractivity contribution in [1.82, 2.24) is 10.2 Å². The van der Waals surface area contributed by atoms with E-state index in [9.17, 15) is 0 Å². The summed E-state index contributed by atoms with van der Waals surface area (Å²) in [6.07, 6.45) is 0.902. The van der Waals surface area contributed by atoms with Gasteiger partial charge in [-0.25, -0.2) is 0 Å². The van der Waals surface area contributed by atoms with E-state index in [0.29, 0.717) is 6.04 Å². The fourth-order valence-electron chi connectivity index (χ4n) is 1.35. The van der Waals surface area contributed by atoms with Crippen molar-refractivity contribution in [1.29, 1.82) is 5.26 Å². The maximum absolute atomic E-state index is 8.72. The largest absolute Gasteiger partial charge is 0.305 e. The van der Waals surface area contributed by atoms with Crippen molar-refractivity contribution in [3.05, 3.63) is 0 Å². The number of nitrogens with zero attached hydrogens (tertiary/aromatic N) is 2. The van der Waals surface area contributed by atoms with Crippen LogP contribution >= 0.6 is 0 Å². The first-order valence-corrected chi connectivity index (χ1v) is 4.96. The van der Waals surface area contributed by atoms with Gasteiger partial charge in [0, 0.05) is 12.6 Å². The second-order valence-electron chi connectivity index (χ2n) is 3.48. The minimum atomic E-state index is -0.00667. The van der Waals surface area contributed by atoms with Crippen LogP contribution in [0.2, 0.25) is 0 Å². The fourth-order valence-corrected chi connectivity index (χ4v) is 1.35. The summed E-state index contributed by atoms with van der Waals surface area (Å²) in [6.45, 7) is 8.57. The first-order valence-electron chi connectivity index (χ1n) is 4.96. The van der Waals surface area contributed by atoms with E-state index in [1.807, 2.05) is 7.05 Å². The zero-order valence-corrected chi connectivity index (χ0v) is 9.17. The summed E-state index contributed by atoms with van der Waals surface area (Å²) in [4.78, 5) is 2.36. The smallest absolute Gasteiger partial charge is 0.0962 e. The van der Waals surface area contributed by atoms with Gasteiger partial charge in [-0.1, -0.05) is 6.92 Å². The molecule has 0 aromatic heterocycles. The Bertz CT molecular complexity index is 160. The van der Waals surface area contributed by atoms with Crippen LogP contribution in [0.3, 0.4) is 0 Å². The van der Waals surface area contributed by atoms with E-state index in [1.54, 1.807) is 0 Å². The molecule has 0 amide bonds. The highest BCUT2D eigenvalue weighted by Crippen LogP contribution is 2.00. The van der Waals surface area contributed by atoms with Crippen LogP contribution in [0.4, 0.5) is 0 Å². The molecule has 0 aromatic rings. The summed E-state index contributed by atoms with van der Waals surface area (Å²) >= 11 is 0. The van der Waals surface area contributed by atoms with Crippen molar-refractivity contribution in [2.45, 2.75) is 39.3 Å². The predicted octanol–water partition coefficient (Wildman–Crippen LogP) is 1.22. The molecule has 1 atom stereocenters. The van der Waals surface area contributed by atoms with E-state index < -0.39 is 0 Å². The van der Waals surface area contributed by atoms with Gasteiger partial charge in [0.1, 0.15) is 0 Å². The third-order valence-electron chi connectivity index (χ3n) is 2.35. The normalized spacial score (nSPS) is 13.3. The van der Waals surface area contributed by atoms with E-state index in [0.717, 1.165) is 19.5 Å². The van der Waals surface area contributed by atoms with Crippen molar-refractivity contribution in [3.8, 4) is 6.07 Å².